The molecule has 31 heavy (non-hydrogen) atoms. The summed E-state index contributed by atoms with van der Waals surface area (Å²) in [5, 5.41) is 20.2. The van der Waals surface area contributed by atoms with Crippen LogP contribution in [0, 0.1) is 5.82 Å². The smallest absolute Gasteiger partial charge is 0.418 e. The Morgan fingerprint density at radius 1 is 1.10 bits per heavy atom. The number of halogens is 4. The van der Waals surface area contributed by atoms with Crippen molar-refractivity contribution in [3.8, 4) is 5.75 Å². The number of amides is 1. The highest BCUT2D eigenvalue weighted by Gasteiger charge is 2.57. The van der Waals surface area contributed by atoms with Gasteiger partial charge in [-0.25, -0.2) is 9.18 Å². The Morgan fingerprint density at radius 2 is 1.71 bits per heavy atom. The highest BCUT2D eigenvalue weighted by molar-refractivity contribution is 5.65. The maximum absolute atomic E-state index is 14.0. The van der Waals surface area contributed by atoms with Crippen molar-refractivity contribution in [1.29, 1.82) is 0 Å². The van der Waals surface area contributed by atoms with Gasteiger partial charge in [0.15, 0.2) is 5.60 Å². The van der Waals surface area contributed by atoms with Crippen LogP contribution >= 0.6 is 0 Å². The van der Waals surface area contributed by atoms with Crippen molar-refractivity contribution in [2.24, 2.45) is 0 Å². The van der Waals surface area contributed by atoms with Gasteiger partial charge in [0.05, 0.1) is 13.7 Å². The molecule has 2 rings (SSSR count). The van der Waals surface area contributed by atoms with Crippen molar-refractivity contribution in [1.82, 2.24) is 4.90 Å². The Kier molecular flexibility index (Phi) is 7.21. The first-order chi connectivity index (χ1) is 14.3. The number of hydrogen-bond donors (Lipinski definition) is 2. The van der Waals surface area contributed by atoms with Crippen molar-refractivity contribution in [2.75, 3.05) is 13.7 Å². The van der Waals surface area contributed by atoms with E-state index in [1.165, 1.54) is 27.0 Å². The Balaban J connectivity index is 2.41. The largest absolute Gasteiger partial charge is 0.496 e. The van der Waals surface area contributed by atoms with Gasteiger partial charge >= 0.3 is 12.3 Å². The molecule has 1 atom stereocenters. The Labute approximate surface area is 177 Å². The maximum Gasteiger partial charge on any atom is 0.418 e. The van der Waals surface area contributed by atoms with Crippen molar-refractivity contribution in [2.45, 2.75) is 44.0 Å². The van der Waals surface area contributed by atoms with Gasteiger partial charge in [-0.05, 0) is 35.6 Å². The molecule has 2 aromatic carbocycles. The minimum atomic E-state index is -5.14. The lowest BCUT2D eigenvalue weighted by Crippen LogP contribution is -2.57. The van der Waals surface area contributed by atoms with E-state index in [0.717, 1.165) is 12.1 Å². The number of benzene rings is 2. The van der Waals surface area contributed by atoms with Crippen molar-refractivity contribution < 1.29 is 37.3 Å². The van der Waals surface area contributed by atoms with Crippen LogP contribution in [0.5, 0.6) is 5.75 Å². The molecule has 1 unspecified atom stereocenters. The molecule has 0 fully saturated rings. The summed E-state index contributed by atoms with van der Waals surface area (Å²) < 4.78 is 61.0. The van der Waals surface area contributed by atoms with Crippen molar-refractivity contribution in [3.05, 3.63) is 65.5 Å². The summed E-state index contributed by atoms with van der Waals surface area (Å²) >= 11 is 0. The maximum atomic E-state index is 14.0. The van der Waals surface area contributed by atoms with Crippen LogP contribution in [0.25, 0.3) is 0 Å². The first-order valence-electron chi connectivity index (χ1n) is 9.44. The number of hydrogen-bond acceptors (Lipinski definition) is 3. The third kappa shape index (κ3) is 5.88. The average Bonchev–Trinajstić information content (AvgIpc) is 2.67. The van der Waals surface area contributed by atoms with Gasteiger partial charge in [-0.3, -0.25) is 0 Å². The van der Waals surface area contributed by atoms with Crippen LogP contribution in [0.2, 0.25) is 0 Å². The summed E-state index contributed by atoms with van der Waals surface area (Å²) in [6.45, 7) is 1.27. The third-order valence-corrected chi connectivity index (χ3v) is 5.09. The van der Waals surface area contributed by atoms with Crippen LogP contribution in [0.15, 0.2) is 48.5 Å². The van der Waals surface area contributed by atoms with Gasteiger partial charge in [0.1, 0.15) is 11.6 Å². The van der Waals surface area contributed by atoms with E-state index >= 15 is 0 Å². The zero-order valence-electron chi connectivity index (χ0n) is 17.4. The number of methoxy groups -OCH3 is 1. The minimum absolute atomic E-state index is 0.127. The fourth-order valence-corrected chi connectivity index (χ4v) is 3.59. The van der Waals surface area contributed by atoms with E-state index in [4.69, 9.17) is 4.74 Å². The van der Waals surface area contributed by atoms with E-state index in [2.05, 4.69) is 0 Å². The number of rotatable bonds is 8. The van der Waals surface area contributed by atoms with Gasteiger partial charge in [-0.2, -0.15) is 13.2 Å². The SMILES string of the molecule is COc1ccc(F)cc1C(C)(C)CC(O)(CN(Cc1ccccc1)C(=O)O)C(F)(F)F. The minimum Gasteiger partial charge on any atom is -0.496 e. The van der Waals surface area contributed by atoms with Crippen LogP contribution in [-0.2, 0) is 12.0 Å². The summed E-state index contributed by atoms with van der Waals surface area (Å²) in [5.74, 6) is -0.508. The molecule has 0 spiro atoms. The molecule has 2 aromatic rings. The number of carboxylic acid groups (broad SMARTS) is 1. The summed E-state index contributed by atoms with van der Waals surface area (Å²) in [7, 11) is 1.30. The molecule has 0 radical (unpaired) electrons. The molecule has 0 bridgehead atoms. The molecular weight excluding hydrogens is 418 g/mol. The predicted octanol–water partition coefficient (Wildman–Crippen LogP) is 4.98. The Hall–Kier alpha value is -2.81. The summed E-state index contributed by atoms with van der Waals surface area (Å²) in [5.41, 5.74) is -4.20. The Morgan fingerprint density at radius 3 is 2.23 bits per heavy atom. The normalized spacial score (nSPS) is 14.1. The highest BCUT2D eigenvalue weighted by atomic mass is 19.4. The van der Waals surface area contributed by atoms with Crippen LogP contribution in [-0.4, -0.2) is 46.6 Å². The summed E-state index contributed by atoms with van der Waals surface area (Å²) in [6.07, 6.45) is -7.66. The van der Waals surface area contributed by atoms with Gasteiger partial charge in [-0.1, -0.05) is 44.2 Å². The van der Waals surface area contributed by atoms with E-state index < -0.39 is 42.1 Å². The average molecular weight is 443 g/mol. The molecule has 2 N–H and O–H groups in total. The topological polar surface area (TPSA) is 70.0 Å². The van der Waals surface area contributed by atoms with Crippen LogP contribution in [0.1, 0.15) is 31.4 Å². The monoisotopic (exact) mass is 443 g/mol. The zero-order chi connectivity index (χ0) is 23.4. The van der Waals surface area contributed by atoms with E-state index in [9.17, 15) is 32.6 Å². The van der Waals surface area contributed by atoms with E-state index in [0.29, 0.717) is 10.5 Å². The second kappa shape index (κ2) is 9.13. The van der Waals surface area contributed by atoms with E-state index in [1.54, 1.807) is 30.3 Å². The number of alkyl halides is 3. The standard InChI is InChI=1S/C22H25F4NO4/c1-20(2,17-11-16(23)9-10-18(17)31-3)13-21(30,22(24,25)26)14-27(19(28)29)12-15-7-5-4-6-8-15/h4-11,30H,12-14H2,1-3H3,(H,28,29). The lowest BCUT2D eigenvalue weighted by atomic mass is 9.74. The molecule has 9 heteroatoms. The molecular formula is C22H25F4NO4. The molecule has 0 saturated heterocycles. The number of nitrogens with zero attached hydrogens (tertiary/aromatic N) is 1. The lowest BCUT2D eigenvalue weighted by molar-refractivity contribution is -0.270. The van der Waals surface area contributed by atoms with Crippen molar-refractivity contribution in [3.63, 3.8) is 0 Å². The van der Waals surface area contributed by atoms with Crippen molar-refractivity contribution >= 4 is 6.09 Å². The first kappa shape index (κ1) is 24.5. The quantitative estimate of drug-likeness (QED) is 0.565. The summed E-state index contributed by atoms with van der Waals surface area (Å²) in [6, 6.07) is 11.5. The molecule has 0 aliphatic carbocycles. The summed E-state index contributed by atoms with van der Waals surface area (Å²) in [4.78, 5) is 12.2. The van der Waals surface area contributed by atoms with Gasteiger partial charge in [-0.15, -0.1) is 0 Å². The number of carbonyl (C=O) groups is 1. The second-order valence-corrected chi connectivity index (χ2v) is 8.06. The molecule has 0 saturated carbocycles. The van der Waals surface area contributed by atoms with Gasteiger partial charge in [0, 0.05) is 12.1 Å². The zero-order valence-corrected chi connectivity index (χ0v) is 17.4. The lowest BCUT2D eigenvalue weighted by Gasteiger charge is -2.40. The molecule has 0 heterocycles. The first-order valence-corrected chi connectivity index (χ1v) is 9.44. The number of ether oxygens (including phenoxy) is 1. The van der Waals surface area contributed by atoms with Crippen LogP contribution in [0.3, 0.4) is 0 Å². The number of aliphatic hydroxyl groups is 1. The fraction of sp³-hybridized carbons (Fsp3) is 0.409. The Bertz CT molecular complexity index is 902. The van der Waals surface area contributed by atoms with Crippen LogP contribution < -0.4 is 4.74 Å². The fourth-order valence-electron chi connectivity index (χ4n) is 3.59. The van der Waals surface area contributed by atoms with E-state index in [-0.39, 0.29) is 17.9 Å². The molecule has 0 aromatic heterocycles. The predicted molar refractivity (Wildman–Crippen MR) is 106 cm³/mol. The third-order valence-electron chi connectivity index (χ3n) is 5.09. The molecule has 0 aliphatic rings. The van der Waals surface area contributed by atoms with Gasteiger partial charge in [0.2, 0.25) is 0 Å². The second-order valence-electron chi connectivity index (χ2n) is 8.06. The van der Waals surface area contributed by atoms with E-state index in [1.807, 2.05) is 0 Å². The van der Waals surface area contributed by atoms with Crippen LogP contribution in [0.4, 0.5) is 22.4 Å². The molecule has 5 nitrogen and oxygen atoms in total. The molecule has 1 amide bonds. The highest BCUT2D eigenvalue weighted by Crippen LogP contribution is 2.44. The van der Waals surface area contributed by atoms with Gasteiger partial charge < -0.3 is 19.8 Å². The molecule has 0 aliphatic heterocycles. The van der Waals surface area contributed by atoms with Gasteiger partial charge in [0.25, 0.3) is 0 Å². The molecule has 170 valence electrons.